The summed E-state index contributed by atoms with van der Waals surface area (Å²) in [5.74, 6) is 0.900. The number of fused-ring (bicyclic) bond motifs is 1. The van der Waals surface area contributed by atoms with Gasteiger partial charge >= 0.3 is 0 Å². The van der Waals surface area contributed by atoms with E-state index in [-0.39, 0.29) is 32.2 Å². The number of phenolic OH excluding ortho intramolecular Hbond substituents is 1. The molecule has 0 radical (unpaired) electrons. The number of hydrogen-bond acceptors (Lipinski definition) is 3. The molecule has 1 N–H and O–H groups in total. The van der Waals surface area contributed by atoms with Gasteiger partial charge < -0.3 is 5.11 Å². The van der Waals surface area contributed by atoms with Crippen molar-refractivity contribution in [3.63, 3.8) is 0 Å². The molecule has 0 aliphatic heterocycles. The van der Waals surface area contributed by atoms with Crippen molar-refractivity contribution in [2.24, 2.45) is 0 Å². The predicted octanol–water partition coefficient (Wildman–Crippen LogP) is 14.5. The van der Waals surface area contributed by atoms with E-state index in [4.69, 9.17) is 9.97 Å². The van der Waals surface area contributed by atoms with E-state index in [0.717, 1.165) is 90.0 Å². The maximum Gasteiger partial charge on any atom is 0.148 e. The topological polar surface area (TPSA) is 50.9 Å². The third kappa shape index (κ3) is 8.01. The molecule has 2 aromatic heterocycles. The first-order chi connectivity index (χ1) is 29.1. The molecule has 0 aliphatic rings. The average Bonchev–Trinajstić information content (AvgIpc) is 3.67. The minimum Gasteiger partial charge on any atom is -0.507 e. The Bertz CT molecular complexity index is 3020. The first-order valence-corrected chi connectivity index (χ1v) is 20.8. The van der Waals surface area contributed by atoms with Crippen LogP contribution in [0.2, 0.25) is 0 Å². The smallest absolute Gasteiger partial charge is 0.148 e. The monoisotopic (exact) mass is 973 g/mol. The van der Waals surface area contributed by atoms with Gasteiger partial charge in [0.2, 0.25) is 0 Å². The van der Waals surface area contributed by atoms with Crippen molar-refractivity contribution < 1.29 is 26.2 Å². The third-order valence-corrected chi connectivity index (χ3v) is 12.0. The molecule has 9 rings (SSSR count). The van der Waals surface area contributed by atoms with Gasteiger partial charge in [-0.25, -0.2) is 4.98 Å². The number of imidazole rings is 1. The van der Waals surface area contributed by atoms with Gasteiger partial charge in [-0.1, -0.05) is 158 Å². The van der Waals surface area contributed by atoms with Gasteiger partial charge in [-0.3, -0.25) is 9.55 Å². The summed E-state index contributed by atoms with van der Waals surface area (Å²) in [5.41, 5.74) is 18.0. The van der Waals surface area contributed by atoms with E-state index in [1.165, 1.54) is 11.1 Å². The van der Waals surface area contributed by atoms with Crippen molar-refractivity contribution >= 4 is 11.0 Å². The third-order valence-electron chi connectivity index (χ3n) is 12.0. The zero-order valence-electron chi connectivity index (χ0n) is 35.4. The summed E-state index contributed by atoms with van der Waals surface area (Å²) in [6.45, 7) is 13.0. The standard InChI is InChI=1S/C56H48N3O.Pt/c1-7-56(5,6)46-25-26-51(48(35-46)41-17-12-9-13-18-41)59-52-20-14-19-47(53(52)58-55(59)49-30-37(3)29-38(4)54(49)60)44-31-43(39-15-10-8-11-16-39)32-45(33-44)50-34-42(27-28-57-50)40-23-21-36(2)22-24-40;/h8-32,34-35,60H,7H2,1-6H3;/q-1;. The second-order valence-corrected chi connectivity index (χ2v) is 16.6. The molecule has 0 spiro atoms. The van der Waals surface area contributed by atoms with Gasteiger partial charge in [0.05, 0.1) is 22.3 Å². The molecule has 0 saturated heterocycles. The Labute approximate surface area is 373 Å². The van der Waals surface area contributed by atoms with E-state index in [1.807, 2.05) is 31.3 Å². The van der Waals surface area contributed by atoms with Crippen LogP contribution in [0, 0.1) is 26.8 Å². The van der Waals surface area contributed by atoms with Crippen molar-refractivity contribution in [1.82, 2.24) is 14.5 Å². The van der Waals surface area contributed by atoms with Crippen molar-refractivity contribution in [2.75, 3.05) is 0 Å². The number of benzene rings is 7. The number of para-hydroxylation sites is 1. The number of aryl methyl sites for hydroxylation is 3. The van der Waals surface area contributed by atoms with Crippen LogP contribution < -0.4 is 0 Å². The van der Waals surface area contributed by atoms with Crippen molar-refractivity contribution in [3.05, 3.63) is 192 Å². The molecule has 0 saturated carbocycles. The van der Waals surface area contributed by atoms with Crippen LogP contribution in [0.15, 0.2) is 164 Å². The molecule has 5 heteroatoms. The average molecular weight is 974 g/mol. The number of pyridine rings is 1. The molecule has 0 bridgehead atoms. The molecular formula is C56H48N3OPt-. The zero-order valence-corrected chi connectivity index (χ0v) is 37.7. The molecule has 0 aliphatic carbocycles. The van der Waals surface area contributed by atoms with Crippen LogP contribution in [0.1, 0.15) is 49.4 Å². The summed E-state index contributed by atoms with van der Waals surface area (Å²) in [6, 6.07) is 59.4. The van der Waals surface area contributed by atoms with Gasteiger partial charge in [0.15, 0.2) is 0 Å². The minimum absolute atomic E-state index is 0. The second kappa shape index (κ2) is 17.0. The Morgan fingerprint density at radius 3 is 2.00 bits per heavy atom. The van der Waals surface area contributed by atoms with Crippen LogP contribution in [0.4, 0.5) is 0 Å². The molecule has 0 fully saturated rings. The maximum absolute atomic E-state index is 11.8. The number of rotatable bonds is 9. The van der Waals surface area contributed by atoms with E-state index in [2.05, 4.69) is 185 Å². The fourth-order valence-electron chi connectivity index (χ4n) is 8.23. The summed E-state index contributed by atoms with van der Waals surface area (Å²) in [4.78, 5) is 10.4. The summed E-state index contributed by atoms with van der Waals surface area (Å²) in [7, 11) is 0. The maximum atomic E-state index is 11.8. The number of aromatic nitrogens is 3. The molecule has 0 atom stereocenters. The van der Waals surface area contributed by atoms with Gasteiger partial charge in [-0.05, 0) is 102 Å². The number of nitrogens with zero attached hydrogens (tertiary/aromatic N) is 3. The summed E-state index contributed by atoms with van der Waals surface area (Å²) in [5, 5.41) is 11.8. The molecule has 4 nitrogen and oxygen atoms in total. The van der Waals surface area contributed by atoms with Crippen LogP contribution in [0.5, 0.6) is 5.75 Å². The van der Waals surface area contributed by atoms with Crippen molar-refractivity contribution in [3.8, 4) is 78.6 Å². The van der Waals surface area contributed by atoms with Crippen molar-refractivity contribution in [2.45, 2.75) is 53.4 Å². The Kier molecular flexibility index (Phi) is 11.5. The van der Waals surface area contributed by atoms with Gasteiger partial charge in [0, 0.05) is 38.5 Å². The number of hydrogen-bond donors (Lipinski definition) is 1. The second-order valence-electron chi connectivity index (χ2n) is 16.6. The van der Waals surface area contributed by atoms with Crippen LogP contribution in [-0.4, -0.2) is 19.6 Å². The predicted molar refractivity (Wildman–Crippen MR) is 250 cm³/mol. The molecule has 2 heterocycles. The molecule has 7 aromatic carbocycles. The number of aromatic hydroxyl groups is 1. The van der Waals surface area contributed by atoms with Crippen LogP contribution >= 0.6 is 0 Å². The molecule has 61 heavy (non-hydrogen) atoms. The zero-order chi connectivity index (χ0) is 41.5. The summed E-state index contributed by atoms with van der Waals surface area (Å²) in [6.07, 6.45) is 2.89. The van der Waals surface area contributed by atoms with E-state index in [9.17, 15) is 5.11 Å². The van der Waals surface area contributed by atoms with E-state index < -0.39 is 0 Å². The first-order valence-electron chi connectivity index (χ1n) is 20.8. The van der Waals surface area contributed by atoms with Crippen LogP contribution in [0.3, 0.4) is 0 Å². The van der Waals surface area contributed by atoms with E-state index in [1.54, 1.807) is 0 Å². The van der Waals surface area contributed by atoms with Gasteiger partial charge in [0.1, 0.15) is 11.6 Å². The molecular weight excluding hydrogens is 926 g/mol. The van der Waals surface area contributed by atoms with Gasteiger partial charge in [0.25, 0.3) is 0 Å². The Hall–Kier alpha value is -6.35. The molecule has 0 amide bonds. The van der Waals surface area contributed by atoms with Crippen molar-refractivity contribution in [1.29, 1.82) is 0 Å². The van der Waals surface area contributed by atoms with E-state index in [0.29, 0.717) is 11.4 Å². The van der Waals surface area contributed by atoms with Gasteiger partial charge in [-0.15, -0.1) is 23.8 Å². The fraction of sp³-hybridized carbons (Fsp3) is 0.143. The molecule has 9 aromatic rings. The van der Waals surface area contributed by atoms with Crippen LogP contribution in [0.25, 0.3) is 83.9 Å². The SMILES string of the molecule is CCC(C)(C)c1ccc(-n2c(-c3cc(C)cc(C)c3O)nc3c(-c4[c-]c(-c5cc(-c6ccc(C)cc6)ccn5)cc(-c5ccccc5)c4)cccc32)c(-c2ccccc2)c1.[Pt]. The number of phenols is 1. The Balaban J connectivity index is 0.00000514. The van der Waals surface area contributed by atoms with Crippen LogP contribution in [-0.2, 0) is 26.5 Å². The molecule has 304 valence electrons. The Morgan fingerprint density at radius 1 is 0.590 bits per heavy atom. The normalized spacial score (nSPS) is 11.4. The van der Waals surface area contributed by atoms with E-state index >= 15 is 0 Å². The van der Waals surface area contributed by atoms with Gasteiger partial charge in [-0.2, -0.15) is 0 Å². The fourth-order valence-corrected chi connectivity index (χ4v) is 8.23. The minimum atomic E-state index is -0.0210. The largest absolute Gasteiger partial charge is 0.507 e. The summed E-state index contributed by atoms with van der Waals surface area (Å²) < 4.78 is 2.24. The first kappa shape index (κ1) is 41.4. The molecule has 0 unspecified atom stereocenters. The summed E-state index contributed by atoms with van der Waals surface area (Å²) >= 11 is 0. The Morgan fingerprint density at radius 2 is 1.28 bits per heavy atom. The quantitative estimate of drug-likeness (QED) is 0.147.